The summed E-state index contributed by atoms with van der Waals surface area (Å²) in [5.41, 5.74) is -0.427. The summed E-state index contributed by atoms with van der Waals surface area (Å²) in [6, 6.07) is 0.474. The lowest BCUT2D eigenvalue weighted by molar-refractivity contribution is -0.101. The van der Waals surface area contributed by atoms with E-state index in [-0.39, 0.29) is 0 Å². The van der Waals surface area contributed by atoms with Crippen LogP contribution in [0.4, 0.5) is 0 Å². The number of rotatable bonds is 4. The molecule has 6 heteroatoms. The van der Waals surface area contributed by atoms with Gasteiger partial charge in [-0.15, -0.1) is 0 Å². The van der Waals surface area contributed by atoms with Crippen molar-refractivity contribution in [1.29, 1.82) is 0 Å². The number of nitrogens with one attached hydrogen (secondary N) is 1. The van der Waals surface area contributed by atoms with E-state index in [4.69, 9.17) is 14.0 Å². The Labute approximate surface area is 112 Å². The van der Waals surface area contributed by atoms with Crippen LogP contribution in [-0.2, 0) is 21.5 Å². The summed E-state index contributed by atoms with van der Waals surface area (Å²) in [5.74, 6) is 1.38. The summed E-state index contributed by atoms with van der Waals surface area (Å²) in [7, 11) is 1.71. The minimum atomic E-state index is -0.427. The van der Waals surface area contributed by atoms with Crippen LogP contribution in [-0.4, -0.2) is 43.1 Å². The van der Waals surface area contributed by atoms with Crippen molar-refractivity contribution in [3.8, 4) is 0 Å². The Kier molecular flexibility index (Phi) is 3.81. The Morgan fingerprint density at radius 2 is 2.26 bits per heavy atom. The van der Waals surface area contributed by atoms with Crippen LogP contribution >= 0.6 is 0 Å². The Morgan fingerprint density at radius 3 is 2.95 bits per heavy atom. The molecule has 3 rings (SSSR count). The molecule has 1 aromatic heterocycles. The molecule has 0 aromatic carbocycles. The zero-order valence-electron chi connectivity index (χ0n) is 11.4. The number of ether oxygens (including phenoxy) is 2. The van der Waals surface area contributed by atoms with Crippen LogP contribution in [0.2, 0.25) is 0 Å². The fraction of sp³-hybridized carbons (Fsp3) is 0.846. The molecule has 1 N–H and O–H groups in total. The second-order valence-corrected chi connectivity index (χ2v) is 5.32. The van der Waals surface area contributed by atoms with Gasteiger partial charge in [-0.05, 0) is 19.4 Å². The van der Waals surface area contributed by atoms with Crippen LogP contribution in [0.1, 0.15) is 37.4 Å². The van der Waals surface area contributed by atoms with E-state index in [1.165, 1.54) is 12.8 Å². The SMILES string of the molecule is COC1(c2noc(CC3CCCN3)n2)CCOCC1. The molecule has 2 saturated heterocycles. The standard InChI is InChI=1S/C13H21N3O3/c1-17-13(4-7-18-8-5-13)12-15-11(19-16-12)9-10-3-2-6-14-10/h10,14H,2-9H2,1H3. The average Bonchev–Trinajstić information content (AvgIpc) is 3.12. The maximum Gasteiger partial charge on any atom is 0.228 e. The summed E-state index contributed by atoms with van der Waals surface area (Å²) >= 11 is 0. The van der Waals surface area contributed by atoms with Crippen LogP contribution in [0.3, 0.4) is 0 Å². The third kappa shape index (κ3) is 2.66. The van der Waals surface area contributed by atoms with E-state index in [2.05, 4.69) is 15.5 Å². The fourth-order valence-corrected chi connectivity index (χ4v) is 2.88. The summed E-state index contributed by atoms with van der Waals surface area (Å²) in [4.78, 5) is 4.54. The highest BCUT2D eigenvalue weighted by Crippen LogP contribution is 2.33. The first-order valence-corrected chi connectivity index (χ1v) is 7.02. The van der Waals surface area contributed by atoms with Gasteiger partial charge in [-0.25, -0.2) is 0 Å². The Bertz CT molecular complexity index is 409. The van der Waals surface area contributed by atoms with Crippen molar-refractivity contribution in [3.63, 3.8) is 0 Å². The Hall–Kier alpha value is -0.980. The molecule has 1 aromatic rings. The minimum Gasteiger partial charge on any atom is -0.381 e. The van der Waals surface area contributed by atoms with Crippen LogP contribution in [0.15, 0.2) is 4.52 Å². The number of methoxy groups -OCH3 is 1. The fourth-order valence-electron chi connectivity index (χ4n) is 2.88. The summed E-state index contributed by atoms with van der Waals surface area (Å²) in [6.45, 7) is 2.45. The van der Waals surface area contributed by atoms with E-state index in [9.17, 15) is 0 Å². The largest absolute Gasteiger partial charge is 0.381 e. The van der Waals surface area contributed by atoms with E-state index in [0.717, 1.165) is 25.8 Å². The minimum absolute atomic E-state index is 0.427. The number of aromatic nitrogens is 2. The van der Waals surface area contributed by atoms with Crippen LogP contribution in [0, 0.1) is 0 Å². The molecular formula is C13H21N3O3. The van der Waals surface area contributed by atoms with Gasteiger partial charge in [0.2, 0.25) is 11.7 Å². The van der Waals surface area contributed by atoms with Gasteiger partial charge in [-0.3, -0.25) is 0 Å². The molecular weight excluding hydrogens is 246 g/mol. The zero-order valence-corrected chi connectivity index (χ0v) is 11.4. The zero-order chi connectivity index (χ0) is 13.1. The molecule has 3 heterocycles. The van der Waals surface area contributed by atoms with Crippen molar-refractivity contribution in [1.82, 2.24) is 15.5 Å². The normalized spacial score (nSPS) is 26.7. The van der Waals surface area contributed by atoms with E-state index >= 15 is 0 Å². The Morgan fingerprint density at radius 1 is 1.42 bits per heavy atom. The maximum absolute atomic E-state index is 5.67. The predicted molar refractivity (Wildman–Crippen MR) is 67.8 cm³/mol. The summed E-state index contributed by atoms with van der Waals surface area (Å²) in [5, 5.41) is 7.57. The van der Waals surface area contributed by atoms with Crippen molar-refractivity contribution in [3.05, 3.63) is 11.7 Å². The van der Waals surface area contributed by atoms with E-state index in [1.807, 2.05) is 0 Å². The van der Waals surface area contributed by atoms with Gasteiger partial charge < -0.3 is 19.3 Å². The first kappa shape index (κ1) is 13.0. The molecule has 0 aliphatic carbocycles. The van der Waals surface area contributed by atoms with Crippen LogP contribution in [0.5, 0.6) is 0 Å². The molecule has 6 nitrogen and oxygen atoms in total. The van der Waals surface area contributed by atoms with Gasteiger partial charge in [-0.1, -0.05) is 5.16 Å². The van der Waals surface area contributed by atoms with Gasteiger partial charge in [0.25, 0.3) is 0 Å². The molecule has 1 unspecified atom stereocenters. The van der Waals surface area contributed by atoms with Crippen molar-refractivity contribution in [2.24, 2.45) is 0 Å². The predicted octanol–water partition coefficient (Wildman–Crippen LogP) is 1.02. The molecule has 0 spiro atoms. The topological polar surface area (TPSA) is 69.4 Å². The summed E-state index contributed by atoms with van der Waals surface area (Å²) in [6.07, 6.45) is 4.78. The second-order valence-electron chi connectivity index (χ2n) is 5.32. The molecule has 0 saturated carbocycles. The van der Waals surface area contributed by atoms with Crippen molar-refractivity contribution >= 4 is 0 Å². The van der Waals surface area contributed by atoms with Gasteiger partial charge in [0.1, 0.15) is 5.60 Å². The third-order valence-electron chi connectivity index (χ3n) is 4.15. The lowest BCUT2D eigenvalue weighted by atomic mass is 9.93. The monoisotopic (exact) mass is 267 g/mol. The maximum atomic E-state index is 5.67. The van der Waals surface area contributed by atoms with Gasteiger partial charge in [-0.2, -0.15) is 4.98 Å². The molecule has 1 atom stereocenters. The average molecular weight is 267 g/mol. The highest BCUT2D eigenvalue weighted by molar-refractivity contribution is 5.04. The van der Waals surface area contributed by atoms with Crippen molar-refractivity contribution in [2.45, 2.75) is 43.7 Å². The molecule has 19 heavy (non-hydrogen) atoms. The van der Waals surface area contributed by atoms with Gasteiger partial charge in [0.15, 0.2) is 0 Å². The molecule has 0 amide bonds. The lowest BCUT2D eigenvalue weighted by Gasteiger charge is -2.32. The molecule has 106 valence electrons. The first-order chi connectivity index (χ1) is 9.32. The molecule has 0 bridgehead atoms. The molecule has 2 fully saturated rings. The molecule has 2 aliphatic rings. The first-order valence-electron chi connectivity index (χ1n) is 7.02. The van der Waals surface area contributed by atoms with Crippen molar-refractivity contribution < 1.29 is 14.0 Å². The summed E-state index contributed by atoms with van der Waals surface area (Å²) < 4.78 is 16.4. The van der Waals surface area contributed by atoms with Gasteiger partial charge in [0.05, 0.1) is 0 Å². The lowest BCUT2D eigenvalue weighted by Crippen LogP contribution is -2.36. The van der Waals surface area contributed by atoms with E-state index in [0.29, 0.717) is 31.0 Å². The number of hydrogen-bond donors (Lipinski definition) is 1. The molecule has 2 aliphatic heterocycles. The smallest absolute Gasteiger partial charge is 0.228 e. The second kappa shape index (κ2) is 5.56. The number of hydrogen-bond acceptors (Lipinski definition) is 6. The quantitative estimate of drug-likeness (QED) is 0.878. The highest BCUT2D eigenvalue weighted by atomic mass is 16.5. The highest BCUT2D eigenvalue weighted by Gasteiger charge is 2.39. The van der Waals surface area contributed by atoms with Gasteiger partial charge >= 0.3 is 0 Å². The van der Waals surface area contributed by atoms with Crippen LogP contribution < -0.4 is 5.32 Å². The third-order valence-corrected chi connectivity index (χ3v) is 4.15. The number of nitrogens with zero attached hydrogens (tertiary/aromatic N) is 2. The van der Waals surface area contributed by atoms with Gasteiger partial charge in [0, 0.05) is 45.6 Å². The van der Waals surface area contributed by atoms with E-state index in [1.54, 1.807) is 7.11 Å². The van der Waals surface area contributed by atoms with Crippen LogP contribution in [0.25, 0.3) is 0 Å². The van der Waals surface area contributed by atoms with E-state index < -0.39 is 5.60 Å². The Balaban J connectivity index is 1.71. The molecule has 0 radical (unpaired) electrons. The van der Waals surface area contributed by atoms with Crippen molar-refractivity contribution in [2.75, 3.05) is 26.9 Å².